The van der Waals surface area contributed by atoms with Crippen LogP contribution < -0.4 is 25.2 Å². The molecule has 73 heavy (non-hydrogen) atoms. The Bertz CT molecular complexity index is 3110. The van der Waals surface area contributed by atoms with Crippen molar-refractivity contribution >= 4 is 76.0 Å². The van der Waals surface area contributed by atoms with E-state index in [-0.39, 0.29) is 31.9 Å². The summed E-state index contributed by atoms with van der Waals surface area (Å²) in [5, 5.41) is 22.6. The number of hydrogen-bond acceptors (Lipinski definition) is 10. The largest absolute Gasteiger partial charge is 0.478 e. The van der Waals surface area contributed by atoms with Gasteiger partial charge in [-0.05, 0) is 153 Å². The van der Waals surface area contributed by atoms with Crippen molar-refractivity contribution in [2.75, 3.05) is 77.7 Å². The molecule has 8 rings (SSSR count). The number of allylic oxidation sites excluding steroid dienone is 3. The van der Waals surface area contributed by atoms with E-state index in [1.807, 2.05) is 47.9 Å². The van der Waals surface area contributed by atoms with E-state index in [9.17, 15) is 26.7 Å². The number of benzene rings is 4. The molecule has 13 nitrogen and oxygen atoms in total. The fraction of sp³-hybridized carbons (Fsp3) is 0.382. The Morgan fingerprint density at radius 3 is 2.14 bits per heavy atom. The number of aromatic carboxylic acids is 1. The molecule has 4 heterocycles. The highest BCUT2D eigenvalue weighted by atomic mass is 35.5. The van der Waals surface area contributed by atoms with E-state index in [4.69, 9.17) is 11.6 Å². The third-order valence-electron chi connectivity index (χ3n) is 13.9. The molecule has 2 atom stereocenters. The van der Waals surface area contributed by atoms with Crippen LogP contribution in [-0.4, -0.2) is 119 Å². The van der Waals surface area contributed by atoms with Crippen LogP contribution in [0, 0.1) is 12.7 Å². The minimum absolute atomic E-state index is 0.0202. The maximum absolute atomic E-state index is 15.6. The fourth-order valence-electron chi connectivity index (χ4n) is 10.2. The van der Waals surface area contributed by atoms with Crippen LogP contribution in [0.1, 0.15) is 62.5 Å². The molecule has 390 valence electrons. The predicted octanol–water partition coefficient (Wildman–Crippen LogP) is 10.3. The van der Waals surface area contributed by atoms with Gasteiger partial charge >= 0.3 is 5.97 Å². The van der Waals surface area contributed by atoms with Gasteiger partial charge in [-0.25, -0.2) is 26.0 Å². The summed E-state index contributed by atoms with van der Waals surface area (Å²) in [5.41, 5.74) is 5.25. The second kappa shape index (κ2) is 23.4. The van der Waals surface area contributed by atoms with Crippen LogP contribution in [0.2, 0.25) is 5.02 Å². The molecule has 2 saturated heterocycles. The number of piperazine rings is 1. The molecule has 1 unspecified atom stereocenters. The molecule has 4 aromatic carbocycles. The zero-order valence-electron chi connectivity index (χ0n) is 42.2. The highest BCUT2D eigenvalue weighted by Crippen LogP contribution is 2.42. The average Bonchev–Trinajstić information content (AvgIpc) is 3.67. The lowest BCUT2D eigenvalue weighted by atomic mass is 9.96. The van der Waals surface area contributed by atoms with Crippen LogP contribution in [-0.2, 0) is 26.4 Å². The SMILES string of the molecule is CCn1c(C)c(C(=O)O)c(-c2cc(F)cc(N3CCN(c4ccc(NS(=O)(=O)c5ccc(N[C@H](CCN6CCC(NC(C)C)CC6)CCS6=CC=CC=C6)c(S(C)(=O)=O)c5)cc4)CC3)c2)c1-c1ccc(Cl)cc1. The second-order valence-electron chi connectivity index (χ2n) is 19.4. The number of nitrogens with zero attached hydrogens (tertiary/aromatic N) is 4. The Morgan fingerprint density at radius 2 is 1.52 bits per heavy atom. The van der Waals surface area contributed by atoms with Crippen molar-refractivity contribution in [3.05, 3.63) is 131 Å². The Kier molecular flexibility index (Phi) is 17.3. The van der Waals surface area contributed by atoms with E-state index < -0.39 is 31.6 Å². The Hall–Kier alpha value is -5.43. The van der Waals surface area contributed by atoms with Crippen molar-refractivity contribution in [3.8, 4) is 22.4 Å². The molecular formula is C55H67ClFN7O6S3. The van der Waals surface area contributed by atoms with Gasteiger partial charge in [0.2, 0.25) is 0 Å². The first-order valence-electron chi connectivity index (χ1n) is 25.0. The van der Waals surface area contributed by atoms with Gasteiger partial charge in [0.05, 0.1) is 26.7 Å². The summed E-state index contributed by atoms with van der Waals surface area (Å²) in [6.45, 7) is 13.7. The molecule has 0 spiro atoms. The van der Waals surface area contributed by atoms with Gasteiger partial charge in [-0.2, -0.15) is 10.5 Å². The number of rotatable bonds is 20. The summed E-state index contributed by atoms with van der Waals surface area (Å²) in [6.07, 6.45) is 11.0. The molecule has 1 aromatic heterocycles. The second-order valence-corrected chi connectivity index (χ2v) is 25.4. The standard InChI is InChI=1S/C55H67ClFN7O6S3/c1-6-64-39(4)52(55(65)66)53(54(64)40-10-12-42(56)13-11-40)41-34-43(57)36-48(35-41)63-29-27-62(28-30-63)47-16-14-46(15-17-47)60-73(69,70)49-18-19-50(51(37-49)72(5,67)68)59-45(23-33-71-31-8-7-9-32-71)22-26-61-24-20-44(21-25-61)58-38(2)3/h7-19,31-32,34-38,44-45,58-60H,6,20-30,33H2,1-5H3,(H,65,66)/t45-/m1/s1. The number of carboxylic acids is 1. The number of carboxylic acid groups (broad SMARTS) is 1. The van der Waals surface area contributed by atoms with E-state index >= 15 is 4.39 Å². The van der Waals surface area contributed by atoms with Crippen molar-refractivity contribution in [1.82, 2.24) is 14.8 Å². The van der Waals surface area contributed by atoms with Crippen LogP contribution in [0.5, 0.6) is 0 Å². The molecule has 4 N–H and O–H groups in total. The van der Waals surface area contributed by atoms with Crippen molar-refractivity contribution < 1.29 is 31.1 Å². The number of nitrogens with one attached hydrogen (secondary N) is 3. The van der Waals surface area contributed by atoms with Crippen molar-refractivity contribution in [2.24, 2.45) is 0 Å². The van der Waals surface area contributed by atoms with Gasteiger partial charge in [0.25, 0.3) is 10.0 Å². The van der Waals surface area contributed by atoms with E-state index in [0.717, 1.165) is 68.6 Å². The number of carbonyl (C=O) groups is 1. The van der Waals surface area contributed by atoms with Crippen molar-refractivity contribution in [2.45, 2.75) is 87.8 Å². The molecule has 0 amide bonds. The topological polar surface area (TPSA) is 156 Å². The van der Waals surface area contributed by atoms with Crippen LogP contribution >= 0.6 is 22.1 Å². The molecule has 3 aliphatic heterocycles. The van der Waals surface area contributed by atoms with Crippen LogP contribution in [0.3, 0.4) is 0 Å². The summed E-state index contributed by atoms with van der Waals surface area (Å²) in [6, 6.07) is 24.1. The molecule has 2 fully saturated rings. The lowest BCUT2D eigenvalue weighted by Gasteiger charge is -2.37. The highest BCUT2D eigenvalue weighted by Gasteiger charge is 2.29. The normalized spacial score (nSPS) is 17.2. The van der Waals surface area contributed by atoms with Gasteiger partial charge in [-0.3, -0.25) is 4.72 Å². The number of hydrogen-bond donors (Lipinski definition) is 4. The first-order valence-corrected chi connectivity index (χ1v) is 30.3. The molecule has 18 heteroatoms. The number of sulfonamides is 1. The summed E-state index contributed by atoms with van der Waals surface area (Å²) >= 11 is 6.22. The highest BCUT2D eigenvalue weighted by molar-refractivity contribution is 8.17. The van der Waals surface area contributed by atoms with Gasteiger partial charge in [-0.15, -0.1) is 0 Å². The smallest absolute Gasteiger partial charge is 0.338 e. The van der Waals surface area contributed by atoms with Gasteiger partial charge in [-0.1, -0.05) is 55.8 Å². The van der Waals surface area contributed by atoms with Crippen LogP contribution in [0.25, 0.3) is 22.4 Å². The summed E-state index contributed by atoms with van der Waals surface area (Å²) in [5.74, 6) is -0.665. The monoisotopic (exact) mass is 1070 g/mol. The summed E-state index contributed by atoms with van der Waals surface area (Å²) in [4.78, 5) is 19.3. The molecule has 3 aliphatic rings. The minimum Gasteiger partial charge on any atom is -0.478 e. The zero-order valence-corrected chi connectivity index (χ0v) is 45.4. The third kappa shape index (κ3) is 13.3. The van der Waals surface area contributed by atoms with Crippen LogP contribution in [0.4, 0.5) is 27.1 Å². The molecule has 0 saturated carbocycles. The molecule has 5 aromatic rings. The maximum Gasteiger partial charge on any atom is 0.338 e. The third-order valence-corrected chi connectivity index (χ3v) is 18.4. The maximum atomic E-state index is 15.6. The fourth-order valence-corrected chi connectivity index (χ4v) is 13.9. The Morgan fingerprint density at radius 1 is 0.836 bits per heavy atom. The lowest BCUT2D eigenvalue weighted by Crippen LogP contribution is -2.46. The van der Waals surface area contributed by atoms with Gasteiger partial charge in [0.1, 0.15) is 5.82 Å². The van der Waals surface area contributed by atoms with E-state index in [1.165, 1.54) is 24.3 Å². The molecular weight excluding hydrogens is 1010 g/mol. The Labute approximate surface area is 438 Å². The van der Waals surface area contributed by atoms with Gasteiger partial charge < -0.3 is 35.0 Å². The van der Waals surface area contributed by atoms with E-state index in [0.29, 0.717) is 89.4 Å². The number of piperidine rings is 1. The first-order chi connectivity index (χ1) is 34.9. The van der Waals surface area contributed by atoms with Gasteiger partial charge in [0.15, 0.2) is 9.84 Å². The first kappa shape index (κ1) is 53.8. The quantitative estimate of drug-likeness (QED) is 0.0551. The molecule has 0 bridgehead atoms. The molecule has 0 radical (unpaired) electrons. The number of anilines is 4. The zero-order chi connectivity index (χ0) is 52.0. The average molecular weight is 1070 g/mol. The van der Waals surface area contributed by atoms with Gasteiger partial charge in [0, 0.05) is 97.0 Å². The van der Waals surface area contributed by atoms with E-state index in [1.54, 1.807) is 37.3 Å². The number of likely N-dealkylation sites (tertiary alicyclic amines) is 1. The molecule has 0 aliphatic carbocycles. The van der Waals surface area contributed by atoms with Crippen LogP contribution in [0.15, 0.2) is 118 Å². The summed E-state index contributed by atoms with van der Waals surface area (Å²) in [7, 11) is -8.07. The van der Waals surface area contributed by atoms with E-state index in [2.05, 4.69) is 66.8 Å². The Balaban J connectivity index is 0.934. The number of sulfone groups is 1. The number of halogens is 2. The number of aromatic nitrogens is 1. The van der Waals surface area contributed by atoms with Crippen molar-refractivity contribution in [3.63, 3.8) is 0 Å². The van der Waals surface area contributed by atoms with Crippen molar-refractivity contribution in [1.29, 1.82) is 0 Å². The minimum atomic E-state index is -4.20. The summed E-state index contributed by atoms with van der Waals surface area (Å²) < 4.78 is 74.7. The lowest BCUT2D eigenvalue weighted by molar-refractivity contribution is 0.0696. The predicted molar refractivity (Wildman–Crippen MR) is 300 cm³/mol.